The first-order valence-electron chi connectivity index (χ1n) is 15.4. The molecule has 3 aromatic rings. The number of nitrogens with zero attached hydrogens (tertiary/aromatic N) is 2. The van der Waals surface area contributed by atoms with Crippen LogP contribution >= 0.6 is 0 Å². The van der Waals surface area contributed by atoms with Crippen LogP contribution < -0.4 is 19.7 Å². The molecule has 0 fully saturated rings. The van der Waals surface area contributed by atoms with Crippen LogP contribution in [0.25, 0.3) is 0 Å². The number of hydrogen-bond acceptors (Lipinski definition) is 7. The Morgan fingerprint density at radius 1 is 1.02 bits per heavy atom. The van der Waals surface area contributed by atoms with Gasteiger partial charge in [0.05, 0.1) is 24.9 Å². The van der Waals surface area contributed by atoms with Crippen molar-refractivity contribution in [3.05, 3.63) is 78.0 Å². The molecule has 0 saturated heterocycles. The maximum Gasteiger partial charge on any atom is 0.414 e. The van der Waals surface area contributed by atoms with Gasteiger partial charge in [0.1, 0.15) is 30.0 Å². The van der Waals surface area contributed by atoms with E-state index in [1.807, 2.05) is 74.2 Å². The van der Waals surface area contributed by atoms with Gasteiger partial charge >= 0.3 is 6.09 Å². The number of ether oxygens (including phenoxy) is 3. The van der Waals surface area contributed by atoms with E-state index in [9.17, 15) is 9.59 Å². The average Bonchev–Trinajstić information content (AvgIpc) is 3.03. The number of cyclic esters (lactones) is 1. The average molecular weight is 590 g/mol. The van der Waals surface area contributed by atoms with Crippen LogP contribution in [0.1, 0.15) is 82.6 Å². The number of fused-ring (bicyclic) bond motifs is 1. The van der Waals surface area contributed by atoms with E-state index in [1.54, 1.807) is 25.4 Å². The molecule has 4 rings (SSSR count). The van der Waals surface area contributed by atoms with Gasteiger partial charge in [-0.05, 0) is 56.5 Å². The van der Waals surface area contributed by atoms with Gasteiger partial charge < -0.3 is 19.5 Å². The van der Waals surface area contributed by atoms with Crippen molar-refractivity contribution in [3.8, 4) is 11.5 Å². The monoisotopic (exact) mass is 589 g/mol. The molecule has 1 aliphatic rings. The predicted octanol–water partition coefficient (Wildman–Crippen LogP) is 8.31. The first kappa shape index (κ1) is 33.4. The number of para-hydroxylation sites is 1. The first-order valence-corrected chi connectivity index (χ1v) is 15.4. The lowest BCUT2D eigenvalue weighted by Gasteiger charge is -2.35. The van der Waals surface area contributed by atoms with Gasteiger partial charge in [-0.1, -0.05) is 64.8 Å². The van der Waals surface area contributed by atoms with Crippen LogP contribution in [0, 0.1) is 5.92 Å². The second kappa shape index (κ2) is 17.1. The third-order valence-electron chi connectivity index (χ3n) is 7.48. The number of pyridine rings is 1. The molecule has 0 bridgehead atoms. The first-order chi connectivity index (χ1) is 20.8. The number of nitrogens with one attached hydrogen (secondary N) is 1. The number of carbonyl (C=O) groups excluding carboxylic acids is 2. The molecule has 43 heavy (non-hydrogen) atoms. The maximum absolute atomic E-state index is 12.4. The molecular formula is C35H47N3O5. The molecule has 1 N–H and O–H groups in total. The lowest BCUT2D eigenvalue weighted by Crippen LogP contribution is -2.43. The summed E-state index contributed by atoms with van der Waals surface area (Å²) in [5.41, 5.74) is 2.73. The van der Waals surface area contributed by atoms with Crippen molar-refractivity contribution >= 4 is 23.4 Å². The van der Waals surface area contributed by atoms with Gasteiger partial charge in [0.15, 0.2) is 5.78 Å². The highest BCUT2D eigenvalue weighted by molar-refractivity contribution is 6.00. The third-order valence-corrected chi connectivity index (χ3v) is 7.48. The highest BCUT2D eigenvalue weighted by atomic mass is 16.6. The van der Waals surface area contributed by atoms with Crippen molar-refractivity contribution in [1.82, 2.24) is 4.98 Å². The van der Waals surface area contributed by atoms with E-state index in [0.29, 0.717) is 30.2 Å². The Labute approximate surface area is 256 Å². The van der Waals surface area contributed by atoms with Crippen molar-refractivity contribution < 1.29 is 23.8 Å². The molecule has 2 unspecified atom stereocenters. The van der Waals surface area contributed by atoms with Crippen molar-refractivity contribution in [2.75, 3.05) is 23.9 Å². The molecule has 0 aliphatic carbocycles. The Bertz CT molecular complexity index is 1290. The highest BCUT2D eigenvalue weighted by Crippen LogP contribution is 2.31. The van der Waals surface area contributed by atoms with E-state index < -0.39 is 0 Å². The van der Waals surface area contributed by atoms with Crippen LogP contribution in [0.4, 0.5) is 16.3 Å². The fourth-order valence-corrected chi connectivity index (χ4v) is 4.98. The summed E-state index contributed by atoms with van der Waals surface area (Å²) in [4.78, 5) is 30.5. The molecule has 0 saturated carbocycles. The number of rotatable bonds is 14. The summed E-state index contributed by atoms with van der Waals surface area (Å²) in [7, 11) is 1.57. The number of carbonyl (C=O) groups is 2. The fraction of sp³-hybridized carbons (Fsp3) is 0.457. The lowest BCUT2D eigenvalue weighted by atomic mass is 9.96. The Hall–Kier alpha value is -4.07. The summed E-state index contributed by atoms with van der Waals surface area (Å²) >= 11 is 0. The minimum absolute atomic E-state index is 0.0258. The zero-order valence-corrected chi connectivity index (χ0v) is 26.5. The van der Waals surface area contributed by atoms with Crippen LogP contribution in [-0.4, -0.2) is 42.7 Å². The molecule has 1 aliphatic heterocycles. The van der Waals surface area contributed by atoms with Gasteiger partial charge in [0, 0.05) is 29.8 Å². The highest BCUT2D eigenvalue weighted by Gasteiger charge is 2.30. The van der Waals surface area contributed by atoms with Crippen LogP contribution in [0.2, 0.25) is 0 Å². The number of methoxy groups -OCH3 is 1. The topological polar surface area (TPSA) is 90.0 Å². The molecule has 1 aromatic heterocycles. The number of amides is 1. The molecule has 2 aromatic carbocycles. The van der Waals surface area contributed by atoms with Crippen LogP contribution in [0.5, 0.6) is 11.5 Å². The van der Waals surface area contributed by atoms with Crippen molar-refractivity contribution in [2.24, 2.45) is 5.92 Å². The zero-order valence-electron chi connectivity index (χ0n) is 26.5. The van der Waals surface area contributed by atoms with Crippen molar-refractivity contribution in [1.29, 1.82) is 0 Å². The van der Waals surface area contributed by atoms with E-state index in [4.69, 9.17) is 14.2 Å². The largest absolute Gasteiger partial charge is 0.496 e. The number of anilines is 2. The summed E-state index contributed by atoms with van der Waals surface area (Å²) in [6.45, 7) is 11.2. The summed E-state index contributed by atoms with van der Waals surface area (Å²) in [6.07, 6.45) is 6.49. The van der Waals surface area contributed by atoms with Gasteiger partial charge in [-0.25, -0.2) is 9.78 Å². The standard InChI is InChI=1S/C20H26N2O3.C15H21NO2/c1-5-14(2)20(23)17-10-9-16(12-18(17)24-4)25-15(3)13-22-19-8-6-7-11-21-19;1-3-7-13(8-4-2)16-14-10-6-5-9-12(14)11-18-15(16)17/h6-12,14-15H,5,13H2,1-4H3,(H,21,22);5-6,9-10,13H,3-4,7-8,11H2,1-2H3. The third kappa shape index (κ3) is 9.46. The van der Waals surface area contributed by atoms with Crippen molar-refractivity contribution in [3.63, 3.8) is 0 Å². The normalized spacial score (nSPS) is 13.7. The van der Waals surface area contributed by atoms with Gasteiger partial charge in [-0.2, -0.15) is 0 Å². The number of Topliss-reactive ketones (excluding diaryl/α,β-unsaturated/α-hetero) is 1. The Balaban J connectivity index is 0.000000248. The van der Waals surface area contributed by atoms with Gasteiger partial charge in [-0.15, -0.1) is 0 Å². The Kier molecular flexibility index (Phi) is 13.3. The number of ketones is 1. The van der Waals surface area contributed by atoms with Crippen molar-refractivity contribution in [2.45, 2.75) is 85.5 Å². The molecule has 8 nitrogen and oxygen atoms in total. The van der Waals surface area contributed by atoms with Crippen LogP contribution in [0.15, 0.2) is 66.9 Å². The van der Waals surface area contributed by atoms with Gasteiger partial charge in [0.25, 0.3) is 0 Å². The summed E-state index contributed by atoms with van der Waals surface area (Å²) in [5, 5.41) is 3.22. The van der Waals surface area contributed by atoms with E-state index in [1.165, 1.54) is 0 Å². The molecule has 0 radical (unpaired) electrons. The van der Waals surface area contributed by atoms with E-state index in [2.05, 4.69) is 24.1 Å². The second-order valence-corrected chi connectivity index (χ2v) is 10.8. The van der Waals surface area contributed by atoms with Gasteiger partial charge in [-0.3, -0.25) is 9.69 Å². The number of aromatic nitrogens is 1. The molecule has 0 spiro atoms. The summed E-state index contributed by atoms with van der Waals surface area (Å²) in [5.74, 6) is 2.10. The van der Waals surface area contributed by atoms with E-state index in [0.717, 1.165) is 49.2 Å². The predicted molar refractivity (Wildman–Crippen MR) is 172 cm³/mol. The SMILES string of the molecule is CCC(C)C(=O)c1ccc(OC(C)CNc2ccccn2)cc1OC.CCCC(CCC)N1C(=O)OCc2ccccc21. The smallest absolute Gasteiger partial charge is 0.414 e. The molecule has 1 amide bonds. The number of hydrogen-bond donors (Lipinski definition) is 1. The van der Waals surface area contributed by atoms with Gasteiger partial charge in [0.2, 0.25) is 0 Å². The quantitative estimate of drug-likeness (QED) is 0.189. The van der Waals surface area contributed by atoms with Crippen LogP contribution in [0.3, 0.4) is 0 Å². The lowest BCUT2D eigenvalue weighted by molar-refractivity contribution is 0.0924. The van der Waals surface area contributed by atoms with E-state index in [-0.39, 0.29) is 29.9 Å². The molecule has 2 atom stereocenters. The zero-order chi connectivity index (χ0) is 31.2. The summed E-state index contributed by atoms with van der Waals surface area (Å²) in [6, 6.07) is 19.4. The molecule has 2 heterocycles. The summed E-state index contributed by atoms with van der Waals surface area (Å²) < 4.78 is 16.6. The second-order valence-electron chi connectivity index (χ2n) is 10.8. The minimum Gasteiger partial charge on any atom is -0.496 e. The minimum atomic E-state index is -0.194. The maximum atomic E-state index is 12.4. The van der Waals surface area contributed by atoms with Crippen LogP contribution in [-0.2, 0) is 11.3 Å². The molecule has 232 valence electrons. The molecular weight excluding hydrogens is 542 g/mol. The Morgan fingerprint density at radius 2 is 1.74 bits per heavy atom. The Morgan fingerprint density at radius 3 is 2.40 bits per heavy atom. The fourth-order valence-electron chi connectivity index (χ4n) is 4.98. The van der Waals surface area contributed by atoms with E-state index >= 15 is 0 Å². The number of benzene rings is 2. The molecule has 8 heteroatoms.